The molecule has 1 saturated heterocycles. The molecule has 6 atom stereocenters. The summed E-state index contributed by atoms with van der Waals surface area (Å²) in [5.74, 6) is -1.40. The van der Waals surface area contributed by atoms with Crippen molar-refractivity contribution < 1.29 is 22.4 Å². The van der Waals surface area contributed by atoms with Gasteiger partial charge in [-0.15, -0.1) is 23.2 Å². The number of carbonyl (C=O) groups excluding carboxylic acids is 1. The van der Waals surface area contributed by atoms with Gasteiger partial charge in [-0.1, -0.05) is 6.92 Å². The number of halogens is 6. The standard InChI is InChI=1S/C19H29Cl2F4N5O/c1-9-15(19(23,24)25)29-30-16(9)27-18(26-14-7-12(21)6-13(22)8-14)28-17(31)10-2-4-11(20)5-3-10/h9-16,29-30H,2-8H2,1H3,(H2,26,27,28,31). The molecule has 178 valence electrons. The lowest BCUT2D eigenvalue weighted by molar-refractivity contribution is -0.160. The molecule has 0 aromatic heterocycles. The quantitative estimate of drug-likeness (QED) is 0.212. The zero-order valence-electron chi connectivity index (χ0n) is 17.2. The number of aliphatic imine (C=N–C) groups is 1. The van der Waals surface area contributed by atoms with Crippen LogP contribution in [0.3, 0.4) is 0 Å². The van der Waals surface area contributed by atoms with Crippen molar-refractivity contribution in [1.82, 2.24) is 21.5 Å². The molecule has 1 aliphatic heterocycles. The summed E-state index contributed by atoms with van der Waals surface area (Å²) in [6, 6.07) is -2.15. The van der Waals surface area contributed by atoms with E-state index in [-0.39, 0.29) is 47.4 Å². The molecule has 0 radical (unpaired) electrons. The number of alkyl halides is 6. The van der Waals surface area contributed by atoms with Crippen molar-refractivity contribution in [3.8, 4) is 0 Å². The molecule has 31 heavy (non-hydrogen) atoms. The van der Waals surface area contributed by atoms with Crippen molar-refractivity contribution in [2.24, 2.45) is 16.8 Å². The van der Waals surface area contributed by atoms with Crippen LogP contribution in [0.25, 0.3) is 0 Å². The molecule has 12 heteroatoms. The largest absolute Gasteiger partial charge is 0.405 e. The highest BCUT2D eigenvalue weighted by Crippen LogP contribution is 2.31. The Hall–Kier alpha value is -0.840. The van der Waals surface area contributed by atoms with E-state index in [4.69, 9.17) is 23.2 Å². The van der Waals surface area contributed by atoms with Crippen LogP contribution in [0.4, 0.5) is 17.6 Å². The Bertz CT molecular complexity index is 650. The van der Waals surface area contributed by atoms with Crippen molar-refractivity contribution in [1.29, 1.82) is 0 Å². The van der Waals surface area contributed by atoms with Gasteiger partial charge in [-0.05, 0) is 44.9 Å². The summed E-state index contributed by atoms with van der Waals surface area (Å²) in [5, 5.41) is 5.42. The fourth-order valence-electron chi connectivity index (χ4n) is 4.42. The summed E-state index contributed by atoms with van der Waals surface area (Å²) < 4.78 is 53.4. The second kappa shape index (κ2) is 10.4. The normalized spacial score (nSPS) is 39.9. The zero-order valence-corrected chi connectivity index (χ0v) is 18.7. The number of nitrogens with zero attached hydrogens (tertiary/aromatic N) is 1. The summed E-state index contributed by atoms with van der Waals surface area (Å²) in [6.07, 6.45) is -2.86. The van der Waals surface area contributed by atoms with Crippen molar-refractivity contribution in [3.63, 3.8) is 0 Å². The van der Waals surface area contributed by atoms with Gasteiger partial charge in [-0.2, -0.15) is 13.2 Å². The minimum atomic E-state index is -4.44. The van der Waals surface area contributed by atoms with E-state index in [1.165, 1.54) is 6.92 Å². The average molecular weight is 490 g/mol. The molecular formula is C19H29Cl2F4N5O. The van der Waals surface area contributed by atoms with Crippen LogP contribution in [0, 0.1) is 11.8 Å². The molecule has 1 amide bonds. The average Bonchev–Trinajstić information content (AvgIpc) is 3.02. The predicted molar refractivity (Wildman–Crippen MR) is 112 cm³/mol. The highest BCUT2D eigenvalue weighted by atomic mass is 35.5. The van der Waals surface area contributed by atoms with Crippen LogP contribution in [-0.2, 0) is 4.79 Å². The van der Waals surface area contributed by atoms with Crippen LogP contribution in [0.5, 0.6) is 0 Å². The lowest BCUT2D eigenvalue weighted by Gasteiger charge is -2.31. The van der Waals surface area contributed by atoms with Crippen LogP contribution in [0.1, 0.15) is 51.9 Å². The van der Waals surface area contributed by atoms with Gasteiger partial charge in [-0.3, -0.25) is 10.1 Å². The van der Waals surface area contributed by atoms with Crippen LogP contribution in [-0.4, -0.2) is 53.2 Å². The topological polar surface area (TPSA) is 77.5 Å². The Morgan fingerprint density at radius 2 is 1.71 bits per heavy atom. The third kappa shape index (κ3) is 6.82. The molecule has 4 N–H and O–H groups in total. The van der Waals surface area contributed by atoms with Gasteiger partial charge in [0.2, 0.25) is 5.91 Å². The Kier molecular flexibility index (Phi) is 8.32. The molecule has 0 aromatic carbocycles. The fraction of sp³-hybridized carbons (Fsp3) is 0.895. The first kappa shape index (κ1) is 24.8. The predicted octanol–water partition coefficient (Wildman–Crippen LogP) is 3.34. The molecule has 3 rings (SSSR count). The van der Waals surface area contributed by atoms with Gasteiger partial charge in [0.15, 0.2) is 5.96 Å². The summed E-state index contributed by atoms with van der Waals surface area (Å²) in [6.45, 7) is 1.42. The van der Waals surface area contributed by atoms with E-state index in [1.54, 1.807) is 0 Å². The molecule has 0 spiro atoms. The van der Waals surface area contributed by atoms with E-state index in [0.29, 0.717) is 19.3 Å². The first-order chi connectivity index (χ1) is 14.5. The summed E-state index contributed by atoms with van der Waals surface area (Å²) >= 11 is 12.2. The Morgan fingerprint density at radius 3 is 2.29 bits per heavy atom. The molecule has 0 aromatic rings. The van der Waals surface area contributed by atoms with Gasteiger partial charge in [0.25, 0.3) is 0 Å². The summed E-state index contributed by atoms with van der Waals surface area (Å²) in [7, 11) is 0. The monoisotopic (exact) mass is 489 g/mol. The molecule has 0 bridgehead atoms. The van der Waals surface area contributed by atoms with E-state index < -0.39 is 30.5 Å². The van der Waals surface area contributed by atoms with Crippen molar-refractivity contribution in [3.05, 3.63) is 0 Å². The Morgan fingerprint density at radius 1 is 1.03 bits per heavy atom. The molecule has 6 nitrogen and oxygen atoms in total. The maximum Gasteiger partial charge on any atom is 0.405 e. The molecule has 3 aliphatic rings. The SMILES string of the molecule is CC1C(/N=C(/NC(=O)C2CCC(Cl)CC2)NC2CC(F)CC(Cl)C2)NNC1C(F)(F)F. The van der Waals surface area contributed by atoms with E-state index in [1.807, 2.05) is 0 Å². The summed E-state index contributed by atoms with van der Waals surface area (Å²) in [5.41, 5.74) is 4.76. The van der Waals surface area contributed by atoms with Crippen LogP contribution in [0.2, 0.25) is 0 Å². The van der Waals surface area contributed by atoms with E-state index in [9.17, 15) is 22.4 Å². The number of nitrogens with one attached hydrogen (secondary N) is 4. The fourth-order valence-corrected chi connectivity index (χ4v) is 5.08. The Balaban J connectivity index is 1.72. The lowest BCUT2D eigenvalue weighted by atomic mass is 9.88. The van der Waals surface area contributed by atoms with Gasteiger partial charge in [0, 0.05) is 28.6 Å². The van der Waals surface area contributed by atoms with Gasteiger partial charge >= 0.3 is 6.18 Å². The Labute approximate surface area is 189 Å². The number of hydrazine groups is 1. The minimum absolute atomic E-state index is 0.0370. The molecule has 2 saturated carbocycles. The van der Waals surface area contributed by atoms with Crippen LogP contribution >= 0.6 is 23.2 Å². The first-order valence-electron chi connectivity index (χ1n) is 10.7. The molecule has 6 unspecified atom stereocenters. The lowest BCUT2D eigenvalue weighted by Crippen LogP contribution is -2.51. The van der Waals surface area contributed by atoms with Crippen molar-refractivity contribution in [2.45, 2.75) is 93.2 Å². The number of guanidine groups is 1. The second-order valence-corrected chi connectivity index (χ2v) is 10.0. The molecule has 3 fully saturated rings. The van der Waals surface area contributed by atoms with E-state index in [2.05, 4.69) is 26.5 Å². The van der Waals surface area contributed by atoms with Gasteiger partial charge in [-0.25, -0.2) is 20.2 Å². The first-order valence-corrected chi connectivity index (χ1v) is 11.6. The number of rotatable bonds is 3. The van der Waals surface area contributed by atoms with E-state index in [0.717, 1.165) is 12.8 Å². The van der Waals surface area contributed by atoms with Crippen molar-refractivity contribution in [2.75, 3.05) is 0 Å². The second-order valence-electron chi connectivity index (χ2n) is 8.77. The zero-order chi connectivity index (χ0) is 22.8. The number of hydrogen-bond acceptors (Lipinski definition) is 4. The third-order valence-electron chi connectivity index (χ3n) is 6.23. The van der Waals surface area contributed by atoms with E-state index >= 15 is 0 Å². The minimum Gasteiger partial charge on any atom is -0.353 e. The number of carbonyl (C=O) groups is 1. The van der Waals surface area contributed by atoms with Gasteiger partial charge in [0.05, 0.1) is 0 Å². The number of amides is 1. The van der Waals surface area contributed by atoms with Crippen LogP contribution in [0.15, 0.2) is 4.99 Å². The van der Waals surface area contributed by atoms with Crippen molar-refractivity contribution >= 4 is 35.1 Å². The molecule has 1 heterocycles. The highest BCUT2D eigenvalue weighted by molar-refractivity contribution is 6.21. The smallest absolute Gasteiger partial charge is 0.353 e. The molecule has 2 aliphatic carbocycles. The number of hydrogen-bond donors (Lipinski definition) is 4. The van der Waals surface area contributed by atoms with Crippen LogP contribution < -0.4 is 21.5 Å². The van der Waals surface area contributed by atoms with Gasteiger partial charge < -0.3 is 5.32 Å². The maximum absolute atomic E-state index is 14.0. The summed E-state index contributed by atoms with van der Waals surface area (Å²) in [4.78, 5) is 17.1. The highest BCUT2D eigenvalue weighted by Gasteiger charge is 2.49. The third-order valence-corrected chi connectivity index (χ3v) is 7.03. The van der Waals surface area contributed by atoms with Gasteiger partial charge in [0.1, 0.15) is 18.4 Å². The molecular weight excluding hydrogens is 461 g/mol. The maximum atomic E-state index is 14.0.